The predicted molar refractivity (Wildman–Crippen MR) is 133 cm³/mol. The number of nitrogens with zero attached hydrogens (tertiary/aromatic N) is 4. The smallest absolute Gasteiger partial charge is 0.206 e. The summed E-state index contributed by atoms with van der Waals surface area (Å²) in [5, 5.41) is 0. The Morgan fingerprint density at radius 3 is 1.00 bits per heavy atom. The topological polar surface area (TPSA) is 14.2 Å². The summed E-state index contributed by atoms with van der Waals surface area (Å²) in [7, 11) is 8.26. The van der Waals surface area contributed by atoms with Crippen molar-refractivity contribution in [1.29, 1.82) is 0 Å². The lowest BCUT2D eigenvalue weighted by atomic mass is 10.1. The van der Waals surface area contributed by atoms with Crippen molar-refractivity contribution in [2.75, 3.05) is 38.0 Å². The molecule has 2 heterocycles. The standard InChI is InChI=1S/C28H32N4/c1-29(2)27-9-5-23(6-10-27)25-13-17-31(18-14-25)21-22-32-19-15-26(16-20-32)24-7-11-28(12-8-24)30(3)4/h5-20H,21-22H2,1-4H3/q+2. The molecule has 4 rings (SSSR count). The van der Waals surface area contributed by atoms with E-state index < -0.39 is 0 Å². The Bertz CT molecular complexity index is 1030. The van der Waals surface area contributed by atoms with E-state index in [1.165, 1.54) is 33.6 Å². The fourth-order valence-electron chi connectivity index (χ4n) is 3.73. The number of hydrogen-bond acceptors (Lipinski definition) is 2. The van der Waals surface area contributed by atoms with Crippen molar-refractivity contribution >= 4 is 11.4 Å². The SMILES string of the molecule is CN(C)c1ccc(-c2cc[n+](CC[n+]3ccc(-c4ccc(N(C)C)cc4)cc3)cc2)cc1. The second-order valence-corrected chi connectivity index (χ2v) is 8.53. The molecule has 0 amide bonds. The molecule has 0 radical (unpaired) electrons. The van der Waals surface area contributed by atoms with Crippen LogP contribution in [-0.2, 0) is 13.1 Å². The monoisotopic (exact) mass is 424 g/mol. The van der Waals surface area contributed by atoms with Crippen molar-refractivity contribution in [3.8, 4) is 22.3 Å². The van der Waals surface area contributed by atoms with Gasteiger partial charge in [-0.2, -0.15) is 9.13 Å². The molecule has 0 spiro atoms. The number of rotatable bonds is 7. The van der Waals surface area contributed by atoms with Crippen LogP contribution in [0.5, 0.6) is 0 Å². The lowest BCUT2D eigenvalue weighted by Gasteiger charge is -2.12. The second kappa shape index (κ2) is 9.65. The van der Waals surface area contributed by atoms with Crippen LogP contribution < -0.4 is 18.9 Å². The Labute approximate surface area is 191 Å². The van der Waals surface area contributed by atoms with Crippen LogP contribution in [0.25, 0.3) is 22.3 Å². The van der Waals surface area contributed by atoms with E-state index in [2.05, 4.69) is 145 Å². The zero-order valence-electron chi connectivity index (χ0n) is 19.4. The van der Waals surface area contributed by atoms with E-state index in [-0.39, 0.29) is 0 Å². The predicted octanol–water partition coefficient (Wildman–Crippen LogP) is 4.43. The maximum atomic E-state index is 2.23. The van der Waals surface area contributed by atoms with Gasteiger partial charge in [-0.15, -0.1) is 0 Å². The van der Waals surface area contributed by atoms with E-state index in [1.54, 1.807) is 0 Å². The van der Waals surface area contributed by atoms with E-state index >= 15 is 0 Å². The molecule has 0 aliphatic carbocycles. The normalized spacial score (nSPS) is 10.8. The third-order valence-corrected chi connectivity index (χ3v) is 5.83. The van der Waals surface area contributed by atoms with Gasteiger partial charge in [0.2, 0.25) is 13.1 Å². The number of hydrogen-bond donors (Lipinski definition) is 0. The van der Waals surface area contributed by atoms with Gasteiger partial charge in [0, 0.05) is 63.8 Å². The first-order chi connectivity index (χ1) is 15.5. The molecular weight excluding hydrogens is 392 g/mol. The van der Waals surface area contributed by atoms with Gasteiger partial charge in [-0.05, 0) is 46.5 Å². The quantitative estimate of drug-likeness (QED) is 0.408. The summed E-state index contributed by atoms with van der Waals surface area (Å²) in [6.45, 7) is 1.86. The Morgan fingerprint density at radius 1 is 0.438 bits per heavy atom. The van der Waals surface area contributed by atoms with Gasteiger partial charge in [-0.1, -0.05) is 24.3 Å². The van der Waals surface area contributed by atoms with Crippen molar-refractivity contribution in [2.45, 2.75) is 13.1 Å². The number of benzene rings is 2. The van der Waals surface area contributed by atoms with Crippen molar-refractivity contribution in [3.05, 3.63) is 97.6 Å². The molecule has 0 atom stereocenters. The third kappa shape index (κ3) is 5.14. The van der Waals surface area contributed by atoms with Crippen LogP contribution in [0.1, 0.15) is 0 Å². The molecular formula is C28H32N4+2. The average molecular weight is 425 g/mol. The van der Waals surface area contributed by atoms with Gasteiger partial charge in [0.15, 0.2) is 24.8 Å². The Morgan fingerprint density at radius 2 is 0.719 bits per heavy atom. The van der Waals surface area contributed by atoms with Crippen molar-refractivity contribution < 1.29 is 9.13 Å². The second-order valence-electron chi connectivity index (χ2n) is 8.53. The van der Waals surface area contributed by atoms with Gasteiger partial charge in [-0.3, -0.25) is 0 Å². The van der Waals surface area contributed by atoms with E-state index in [0.29, 0.717) is 0 Å². The van der Waals surface area contributed by atoms with Crippen LogP contribution >= 0.6 is 0 Å². The fourth-order valence-corrected chi connectivity index (χ4v) is 3.73. The Kier molecular flexibility index (Phi) is 6.50. The lowest BCUT2D eigenvalue weighted by Crippen LogP contribution is -2.43. The van der Waals surface area contributed by atoms with E-state index in [9.17, 15) is 0 Å². The van der Waals surface area contributed by atoms with Crippen LogP contribution in [0.3, 0.4) is 0 Å². The number of aryl methyl sites for hydroxylation is 2. The molecule has 4 heteroatoms. The highest BCUT2D eigenvalue weighted by Gasteiger charge is 2.09. The minimum absolute atomic E-state index is 0.932. The summed E-state index contributed by atoms with van der Waals surface area (Å²) in [5.74, 6) is 0. The van der Waals surface area contributed by atoms with Gasteiger partial charge in [-0.25, -0.2) is 0 Å². The van der Waals surface area contributed by atoms with Crippen molar-refractivity contribution in [1.82, 2.24) is 0 Å². The molecule has 0 saturated carbocycles. The number of pyridine rings is 2. The molecule has 0 aliphatic heterocycles. The lowest BCUT2D eigenvalue weighted by molar-refractivity contribution is -0.778. The molecule has 2 aromatic carbocycles. The van der Waals surface area contributed by atoms with Crippen molar-refractivity contribution in [3.63, 3.8) is 0 Å². The van der Waals surface area contributed by atoms with Crippen LogP contribution in [0.15, 0.2) is 97.6 Å². The minimum Gasteiger partial charge on any atom is -0.378 e. The Hall–Kier alpha value is -3.66. The molecule has 32 heavy (non-hydrogen) atoms. The van der Waals surface area contributed by atoms with Crippen LogP contribution in [-0.4, -0.2) is 28.2 Å². The summed E-state index contributed by atoms with van der Waals surface area (Å²) in [6, 6.07) is 26.1. The van der Waals surface area contributed by atoms with Gasteiger partial charge in [0.25, 0.3) is 0 Å². The zero-order chi connectivity index (χ0) is 22.5. The summed E-state index contributed by atoms with van der Waals surface area (Å²) in [4.78, 5) is 4.24. The minimum atomic E-state index is 0.932. The molecule has 0 fully saturated rings. The number of anilines is 2. The molecule has 4 aromatic rings. The highest BCUT2D eigenvalue weighted by atomic mass is 15.1. The molecule has 162 valence electrons. The molecule has 0 aliphatic rings. The highest BCUT2D eigenvalue weighted by Crippen LogP contribution is 2.22. The maximum Gasteiger partial charge on any atom is 0.206 e. The summed E-state index contributed by atoms with van der Waals surface area (Å²) in [5.41, 5.74) is 7.40. The first kappa shape index (κ1) is 21.6. The maximum absolute atomic E-state index is 2.23. The van der Waals surface area contributed by atoms with Crippen LogP contribution in [0.4, 0.5) is 11.4 Å². The molecule has 0 bridgehead atoms. The van der Waals surface area contributed by atoms with Gasteiger partial charge < -0.3 is 9.80 Å². The zero-order valence-corrected chi connectivity index (χ0v) is 19.4. The largest absolute Gasteiger partial charge is 0.378 e. The van der Waals surface area contributed by atoms with Gasteiger partial charge in [0.05, 0.1) is 0 Å². The van der Waals surface area contributed by atoms with E-state index in [1.807, 2.05) is 0 Å². The highest BCUT2D eigenvalue weighted by molar-refractivity contribution is 5.66. The van der Waals surface area contributed by atoms with Crippen LogP contribution in [0, 0.1) is 0 Å². The fraction of sp³-hybridized carbons (Fsp3) is 0.214. The van der Waals surface area contributed by atoms with E-state index in [0.717, 1.165) is 13.1 Å². The third-order valence-electron chi connectivity index (χ3n) is 5.83. The van der Waals surface area contributed by atoms with Crippen LogP contribution in [0.2, 0.25) is 0 Å². The number of aromatic nitrogens is 2. The summed E-state index contributed by atoms with van der Waals surface area (Å²) in [6.07, 6.45) is 8.65. The molecule has 2 aromatic heterocycles. The summed E-state index contributed by atoms with van der Waals surface area (Å²) >= 11 is 0. The van der Waals surface area contributed by atoms with E-state index in [4.69, 9.17) is 0 Å². The van der Waals surface area contributed by atoms with Gasteiger partial charge >= 0.3 is 0 Å². The van der Waals surface area contributed by atoms with Gasteiger partial charge in [0.1, 0.15) is 0 Å². The molecule has 0 N–H and O–H groups in total. The first-order valence-electron chi connectivity index (χ1n) is 11.0. The Balaban J connectivity index is 1.36. The van der Waals surface area contributed by atoms with Crippen molar-refractivity contribution in [2.24, 2.45) is 0 Å². The molecule has 0 saturated heterocycles. The first-order valence-corrected chi connectivity index (χ1v) is 11.0. The molecule has 4 nitrogen and oxygen atoms in total. The molecule has 0 unspecified atom stereocenters. The average Bonchev–Trinajstić information content (AvgIpc) is 2.83. The summed E-state index contributed by atoms with van der Waals surface area (Å²) < 4.78 is 4.47.